The molecule has 1 saturated heterocycles. The average Bonchev–Trinajstić information content (AvgIpc) is 3.45. The van der Waals surface area contributed by atoms with E-state index in [1.54, 1.807) is 4.90 Å². The molecule has 156 valence electrons. The highest BCUT2D eigenvalue weighted by Crippen LogP contribution is 2.59. The lowest BCUT2D eigenvalue weighted by Gasteiger charge is -2.31. The second-order valence-electron chi connectivity index (χ2n) is 9.39. The van der Waals surface area contributed by atoms with Gasteiger partial charge in [0.25, 0.3) is 0 Å². The fraction of sp³-hybridized carbons (Fsp3) is 0.357. The maximum absolute atomic E-state index is 13.6. The first-order valence-corrected chi connectivity index (χ1v) is 11.7. The molecule has 1 aliphatic heterocycles. The van der Waals surface area contributed by atoms with Gasteiger partial charge in [0.05, 0.1) is 11.8 Å². The number of allylic oxidation sites excluding steroid dienone is 3. The summed E-state index contributed by atoms with van der Waals surface area (Å²) >= 11 is 0. The van der Waals surface area contributed by atoms with Gasteiger partial charge in [-0.1, -0.05) is 92.1 Å². The third-order valence-electron chi connectivity index (χ3n) is 7.80. The minimum absolute atomic E-state index is 0.0236. The monoisotopic (exact) mass is 409 g/mol. The Bertz CT molecular complexity index is 1000. The molecule has 0 aromatic heterocycles. The second kappa shape index (κ2) is 7.33. The molecule has 0 spiro atoms. The Morgan fingerprint density at radius 2 is 1.16 bits per heavy atom. The fourth-order valence-electron chi connectivity index (χ4n) is 6.53. The van der Waals surface area contributed by atoms with E-state index in [0.717, 1.165) is 36.8 Å². The van der Waals surface area contributed by atoms with Gasteiger partial charge < -0.3 is 0 Å². The molecule has 2 bridgehead atoms. The molecule has 0 radical (unpaired) electrons. The number of likely N-dealkylation sites (tertiary alicyclic amines) is 1. The average molecular weight is 410 g/mol. The lowest BCUT2D eigenvalue weighted by Crippen LogP contribution is -2.42. The summed E-state index contributed by atoms with van der Waals surface area (Å²) < 4.78 is 0. The minimum Gasteiger partial charge on any atom is -0.279 e. The van der Waals surface area contributed by atoms with Crippen LogP contribution in [0.2, 0.25) is 0 Å². The highest BCUT2D eigenvalue weighted by Gasteiger charge is 2.63. The van der Waals surface area contributed by atoms with Gasteiger partial charge in [-0.05, 0) is 35.1 Å². The number of amides is 2. The Kier molecular flexibility index (Phi) is 4.45. The molecule has 2 aromatic carbocycles. The predicted molar refractivity (Wildman–Crippen MR) is 121 cm³/mol. The van der Waals surface area contributed by atoms with E-state index in [1.807, 2.05) is 12.1 Å². The number of rotatable bonds is 3. The minimum atomic E-state index is -0.221. The van der Waals surface area contributed by atoms with Crippen LogP contribution in [0.15, 0.2) is 78.4 Å². The zero-order valence-corrected chi connectivity index (χ0v) is 17.6. The summed E-state index contributed by atoms with van der Waals surface area (Å²) in [5.41, 5.74) is 4.77. The van der Waals surface area contributed by atoms with Crippen LogP contribution in [0.4, 0.5) is 0 Å². The van der Waals surface area contributed by atoms with E-state index in [-0.39, 0.29) is 41.5 Å². The number of nitrogens with zero attached hydrogens (tertiary/aromatic N) is 1. The SMILES string of the molecule is O=C1[C@H]2[C@H](C(=O)N1C1CCCCC1)[C@H]1C=C[C@H]2C1=C(c1ccccc1)c1ccccc1. The summed E-state index contributed by atoms with van der Waals surface area (Å²) in [6.45, 7) is 0. The Morgan fingerprint density at radius 1 is 0.677 bits per heavy atom. The van der Waals surface area contributed by atoms with Crippen LogP contribution in [0.5, 0.6) is 0 Å². The molecule has 3 aliphatic carbocycles. The summed E-state index contributed by atoms with van der Waals surface area (Å²) in [4.78, 5) is 28.8. The van der Waals surface area contributed by atoms with E-state index in [4.69, 9.17) is 0 Å². The number of hydrogen-bond acceptors (Lipinski definition) is 2. The van der Waals surface area contributed by atoms with Crippen LogP contribution in [0.3, 0.4) is 0 Å². The summed E-state index contributed by atoms with van der Waals surface area (Å²) in [6, 6.07) is 21.0. The molecule has 2 saturated carbocycles. The summed E-state index contributed by atoms with van der Waals surface area (Å²) in [5, 5.41) is 0. The van der Waals surface area contributed by atoms with Gasteiger partial charge in [0.1, 0.15) is 0 Å². The van der Waals surface area contributed by atoms with Crippen molar-refractivity contribution >= 4 is 17.4 Å². The molecule has 6 rings (SSSR count). The molecule has 0 N–H and O–H groups in total. The maximum Gasteiger partial charge on any atom is 0.234 e. The van der Waals surface area contributed by atoms with E-state index in [0.29, 0.717) is 0 Å². The number of imide groups is 1. The molecule has 3 heteroatoms. The van der Waals surface area contributed by atoms with Gasteiger partial charge in [-0.2, -0.15) is 0 Å². The molecular weight excluding hydrogens is 382 g/mol. The zero-order valence-electron chi connectivity index (χ0n) is 17.6. The van der Waals surface area contributed by atoms with E-state index >= 15 is 0 Å². The van der Waals surface area contributed by atoms with Crippen molar-refractivity contribution in [1.29, 1.82) is 0 Å². The standard InChI is InChI=1S/C28H27NO2/c30-27-25-21-16-17-22(26(25)28(31)29(27)20-14-8-3-9-15-20)24(21)23(18-10-4-1-5-11-18)19-12-6-2-7-13-19/h1-2,4-7,10-13,16-17,20-22,25-26H,3,8-9,14-15H2/t21-,22-,25+,26+/m0/s1. The predicted octanol–water partition coefficient (Wildman–Crippen LogP) is 5.24. The van der Waals surface area contributed by atoms with E-state index < -0.39 is 0 Å². The Morgan fingerprint density at radius 3 is 1.65 bits per heavy atom. The molecule has 2 amide bonds. The molecule has 31 heavy (non-hydrogen) atoms. The second-order valence-corrected chi connectivity index (χ2v) is 9.39. The highest BCUT2D eigenvalue weighted by molar-refractivity contribution is 6.08. The maximum atomic E-state index is 13.6. The van der Waals surface area contributed by atoms with Crippen LogP contribution in [0.1, 0.15) is 43.2 Å². The third-order valence-corrected chi connectivity index (χ3v) is 7.80. The van der Waals surface area contributed by atoms with Gasteiger partial charge in [-0.3, -0.25) is 14.5 Å². The number of benzene rings is 2. The van der Waals surface area contributed by atoms with Crippen molar-refractivity contribution in [2.45, 2.75) is 38.1 Å². The van der Waals surface area contributed by atoms with Gasteiger partial charge in [0.15, 0.2) is 0 Å². The molecule has 4 atom stereocenters. The van der Waals surface area contributed by atoms with Crippen LogP contribution in [0, 0.1) is 23.7 Å². The third kappa shape index (κ3) is 2.79. The smallest absolute Gasteiger partial charge is 0.234 e. The largest absolute Gasteiger partial charge is 0.279 e. The topological polar surface area (TPSA) is 37.4 Å². The first kappa shape index (κ1) is 18.8. The van der Waals surface area contributed by atoms with Gasteiger partial charge in [0, 0.05) is 17.9 Å². The van der Waals surface area contributed by atoms with Crippen LogP contribution in [0.25, 0.3) is 5.57 Å². The van der Waals surface area contributed by atoms with E-state index in [2.05, 4.69) is 60.7 Å². The van der Waals surface area contributed by atoms with Crippen LogP contribution in [-0.4, -0.2) is 22.8 Å². The normalized spacial score (nSPS) is 29.7. The van der Waals surface area contributed by atoms with Crippen molar-refractivity contribution in [3.8, 4) is 0 Å². The number of carbonyl (C=O) groups is 2. The summed E-state index contributed by atoms with van der Waals surface area (Å²) in [6.07, 6.45) is 9.81. The number of carbonyl (C=O) groups excluding carboxylic acids is 2. The van der Waals surface area contributed by atoms with Gasteiger partial charge in [-0.25, -0.2) is 0 Å². The highest BCUT2D eigenvalue weighted by atomic mass is 16.2. The fourth-order valence-corrected chi connectivity index (χ4v) is 6.53. The Balaban J connectivity index is 1.45. The first-order valence-electron chi connectivity index (χ1n) is 11.7. The zero-order chi connectivity index (χ0) is 20.9. The summed E-state index contributed by atoms with van der Waals surface area (Å²) in [7, 11) is 0. The molecular formula is C28H27NO2. The van der Waals surface area contributed by atoms with Crippen molar-refractivity contribution in [3.63, 3.8) is 0 Å². The number of hydrogen-bond donors (Lipinski definition) is 0. The molecule has 1 heterocycles. The molecule has 3 nitrogen and oxygen atoms in total. The molecule has 3 fully saturated rings. The van der Waals surface area contributed by atoms with E-state index in [1.165, 1.54) is 17.6 Å². The van der Waals surface area contributed by atoms with Crippen LogP contribution >= 0.6 is 0 Å². The lowest BCUT2D eigenvalue weighted by atomic mass is 9.85. The van der Waals surface area contributed by atoms with Gasteiger partial charge in [-0.15, -0.1) is 0 Å². The first-order chi connectivity index (χ1) is 15.3. The lowest BCUT2D eigenvalue weighted by molar-refractivity contribution is -0.143. The van der Waals surface area contributed by atoms with Crippen molar-refractivity contribution in [3.05, 3.63) is 89.5 Å². The van der Waals surface area contributed by atoms with Crippen LogP contribution in [-0.2, 0) is 9.59 Å². The quantitative estimate of drug-likeness (QED) is 0.514. The summed E-state index contributed by atoms with van der Waals surface area (Å²) in [5.74, 6) is -0.233. The van der Waals surface area contributed by atoms with Crippen molar-refractivity contribution in [1.82, 2.24) is 4.90 Å². The van der Waals surface area contributed by atoms with Crippen molar-refractivity contribution in [2.24, 2.45) is 23.7 Å². The Hall–Kier alpha value is -2.94. The van der Waals surface area contributed by atoms with Gasteiger partial charge in [0.2, 0.25) is 11.8 Å². The van der Waals surface area contributed by atoms with Crippen LogP contribution < -0.4 is 0 Å². The molecule has 0 unspecified atom stereocenters. The molecule has 4 aliphatic rings. The van der Waals surface area contributed by atoms with Crippen molar-refractivity contribution < 1.29 is 9.59 Å². The molecule has 2 aromatic rings. The van der Waals surface area contributed by atoms with E-state index in [9.17, 15) is 9.59 Å². The van der Waals surface area contributed by atoms with Crippen molar-refractivity contribution in [2.75, 3.05) is 0 Å². The number of fused-ring (bicyclic) bond motifs is 5. The van der Waals surface area contributed by atoms with Gasteiger partial charge >= 0.3 is 0 Å². The Labute approximate surface area is 183 Å².